The van der Waals surface area contributed by atoms with Gasteiger partial charge in [-0.3, -0.25) is 4.79 Å². The molecule has 1 aromatic rings. The molecule has 1 N–H and O–H groups in total. The first-order valence-corrected chi connectivity index (χ1v) is 10.6. The van der Waals surface area contributed by atoms with Crippen molar-refractivity contribution in [2.45, 2.75) is 58.1 Å². The van der Waals surface area contributed by atoms with E-state index in [-0.39, 0.29) is 11.9 Å². The van der Waals surface area contributed by atoms with E-state index in [4.69, 9.17) is 14.5 Å². The van der Waals surface area contributed by atoms with Gasteiger partial charge in [-0.05, 0) is 51.5 Å². The number of guanidine groups is 1. The summed E-state index contributed by atoms with van der Waals surface area (Å²) in [5, 5.41) is 3.39. The van der Waals surface area contributed by atoms with E-state index in [0.717, 1.165) is 62.6 Å². The second kappa shape index (κ2) is 10.3. The second-order valence-electron chi connectivity index (χ2n) is 7.59. The summed E-state index contributed by atoms with van der Waals surface area (Å²) in [4.78, 5) is 18.9. The number of likely N-dealkylation sites (tertiary alicyclic amines) is 1. The average Bonchev–Trinajstić information content (AvgIpc) is 3.25. The van der Waals surface area contributed by atoms with Crippen molar-refractivity contribution in [1.29, 1.82) is 0 Å². The Kier molecular flexibility index (Phi) is 7.57. The average molecular weight is 388 g/mol. The number of rotatable bonds is 6. The maximum atomic E-state index is 11.8. The van der Waals surface area contributed by atoms with E-state index in [1.807, 2.05) is 12.1 Å². The van der Waals surface area contributed by atoms with Gasteiger partial charge in [-0.15, -0.1) is 0 Å². The van der Waals surface area contributed by atoms with Crippen molar-refractivity contribution < 1.29 is 14.3 Å². The van der Waals surface area contributed by atoms with Gasteiger partial charge in [0.2, 0.25) is 0 Å². The number of ether oxygens (including phenoxy) is 2. The molecule has 6 heteroatoms. The molecule has 0 spiro atoms. The Morgan fingerprint density at radius 2 is 1.89 bits per heavy atom. The lowest BCUT2D eigenvalue weighted by molar-refractivity contribution is -0.146. The topological polar surface area (TPSA) is 63.2 Å². The summed E-state index contributed by atoms with van der Waals surface area (Å²) in [5.74, 6) is 1.77. The van der Waals surface area contributed by atoms with Gasteiger partial charge < -0.3 is 19.7 Å². The number of esters is 1. The van der Waals surface area contributed by atoms with Crippen molar-refractivity contribution in [3.8, 4) is 5.75 Å². The van der Waals surface area contributed by atoms with Gasteiger partial charge in [0.15, 0.2) is 5.96 Å². The van der Waals surface area contributed by atoms with Crippen molar-refractivity contribution in [1.82, 2.24) is 10.2 Å². The maximum Gasteiger partial charge on any atom is 0.308 e. The van der Waals surface area contributed by atoms with Gasteiger partial charge in [0.25, 0.3) is 0 Å². The number of nitrogens with one attached hydrogen (secondary N) is 1. The number of hydrogen-bond acceptors (Lipinski definition) is 4. The van der Waals surface area contributed by atoms with Crippen LogP contribution in [0.15, 0.2) is 29.3 Å². The summed E-state index contributed by atoms with van der Waals surface area (Å²) in [5.41, 5.74) is 1.12. The van der Waals surface area contributed by atoms with Crippen LogP contribution in [-0.4, -0.2) is 49.7 Å². The Morgan fingerprint density at radius 1 is 1.18 bits per heavy atom. The molecule has 28 heavy (non-hydrogen) atoms. The van der Waals surface area contributed by atoms with E-state index in [1.165, 1.54) is 20.0 Å². The molecule has 0 amide bonds. The molecule has 1 heterocycles. The zero-order valence-corrected chi connectivity index (χ0v) is 17.2. The largest absolute Gasteiger partial charge is 0.490 e. The summed E-state index contributed by atoms with van der Waals surface area (Å²) >= 11 is 0. The smallest absolute Gasteiger partial charge is 0.308 e. The first-order chi connectivity index (χ1) is 13.7. The highest BCUT2D eigenvalue weighted by Gasteiger charge is 2.27. The van der Waals surface area contributed by atoms with Gasteiger partial charge in [-0.2, -0.15) is 0 Å². The van der Waals surface area contributed by atoms with Crippen molar-refractivity contribution in [2.24, 2.45) is 10.9 Å². The number of piperidine rings is 1. The highest BCUT2D eigenvalue weighted by molar-refractivity contribution is 5.80. The summed E-state index contributed by atoms with van der Waals surface area (Å²) in [7, 11) is 1.46. The van der Waals surface area contributed by atoms with Crippen LogP contribution in [0.4, 0.5) is 0 Å². The lowest BCUT2D eigenvalue weighted by atomic mass is 9.97. The van der Waals surface area contributed by atoms with Crippen LogP contribution < -0.4 is 10.1 Å². The summed E-state index contributed by atoms with van der Waals surface area (Å²) in [6, 6.07) is 8.22. The fourth-order valence-corrected chi connectivity index (χ4v) is 4.01. The molecule has 0 bridgehead atoms. The van der Waals surface area contributed by atoms with Gasteiger partial charge in [-0.25, -0.2) is 4.99 Å². The lowest BCUT2D eigenvalue weighted by Crippen LogP contribution is -2.46. The molecule has 154 valence electrons. The van der Waals surface area contributed by atoms with Crippen molar-refractivity contribution >= 4 is 11.9 Å². The Labute approximate surface area is 168 Å². The SMILES string of the molecule is CCNC(=NCc1ccccc1OC1CCCC1)N1CCC(C(=O)OC)CC1. The van der Waals surface area contributed by atoms with Crippen molar-refractivity contribution in [3.63, 3.8) is 0 Å². The molecule has 0 aromatic heterocycles. The first kappa shape index (κ1) is 20.5. The number of nitrogens with zero attached hydrogens (tertiary/aromatic N) is 2. The molecule has 6 nitrogen and oxygen atoms in total. The van der Waals surface area contributed by atoms with Crippen LogP contribution in [0.5, 0.6) is 5.75 Å². The minimum absolute atomic E-state index is 0.00432. The van der Waals surface area contributed by atoms with Crippen LogP contribution in [-0.2, 0) is 16.1 Å². The fourth-order valence-electron chi connectivity index (χ4n) is 4.01. The summed E-state index contributed by atoms with van der Waals surface area (Å²) in [6.45, 7) is 5.10. The molecule has 0 unspecified atom stereocenters. The number of benzene rings is 1. The molecule has 2 aliphatic rings. The number of carbonyl (C=O) groups is 1. The third kappa shape index (κ3) is 5.40. The zero-order chi connectivity index (χ0) is 19.8. The van der Waals surface area contributed by atoms with Crippen LogP contribution in [0.25, 0.3) is 0 Å². The Balaban J connectivity index is 1.64. The van der Waals surface area contributed by atoms with Crippen LogP contribution in [0.1, 0.15) is 51.0 Å². The third-order valence-corrected chi connectivity index (χ3v) is 5.63. The maximum absolute atomic E-state index is 11.8. The normalized spacial score (nSPS) is 18.9. The van der Waals surface area contributed by atoms with Crippen LogP contribution in [0.2, 0.25) is 0 Å². The number of methoxy groups -OCH3 is 1. The summed E-state index contributed by atoms with van der Waals surface area (Å²) < 4.78 is 11.1. The molecule has 0 atom stereocenters. The number of hydrogen-bond donors (Lipinski definition) is 1. The monoisotopic (exact) mass is 387 g/mol. The molecule has 0 radical (unpaired) electrons. The molecule has 2 fully saturated rings. The summed E-state index contributed by atoms with van der Waals surface area (Å²) in [6.07, 6.45) is 6.77. The zero-order valence-electron chi connectivity index (χ0n) is 17.2. The molecule has 3 rings (SSSR count). The van der Waals surface area contributed by atoms with Gasteiger partial charge in [-0.1, -0.05) is 18.2 Å². The van der Waals surface area contributed by atoms with E-state index in [9.17, 15) is 4.79 Å². The quantitative estimate of drug-likeness (QED) is 0.461. The third-order valence-electron chi connectivity index (χ3n) is 5.63. The van der Waals surface area contributed by atoms with Crippen LogP contribution in [0.3, 0.4) is 0 Å². The first-order valence-electron chi connectivity index (χ1n) is 10.6. The molecule has 1 aliphatic carbocycles. The standard InChI is InChI=1S/C22H33N3O3/c1-3-23-22(25-14-12-17(13-15-25)21(26)27-2)24-16-18-8-4-7-11-20(18)28-19-9-5-6-10-19/h4,7-8,11,17,19H,3,5-6,9-10,12-16H2,1-2H3,(H,23,24). The van der Waals surface area contributed by atoms with E-state index in [1.54, 1.807) is 0 Å². The van der Waals surface area contributed by atoms with Gasteiger partial charge in [0.05, 0.1) is 25.7 Å². The number of carbonyl (C=O) groups excluding carboxylic acids is 1. The van der Waals surface area contributed by atoms with E-state index >= 15 is 0 Å². The minimum Gasteiger partial charge on any atom is -0.490 e. The molecule has 1 aliphatic heterocycles. The van der Waals surface area contributed by atoms with Crippen molar-refractivity contribution in [3.05, 3.63) is 29.8 Å². The predicted molar refractivity (Wildman–Crippen MR) is 110 cm³/mol. The Bertz CT molecular complexity index is 663. The van der Waals surface area contributed by atoms with E-state index in [2.05, 4.69) is 29.3 Å². The predicted octanol–water partition coefficient (Wildman–Crippen LogP) is 3.36. The van der Waals surface area contributed by atoms with Crippen LogP contribution in [0, 0.1) is 5.92 Å². The van der Waals surface area contributed by atoms with E-state index in [0.29, 0.717) is 12.6 Å². The second-order valence-corrected chi connectivity index (χ2v) is 7.59. The molecular weight excluding hydrogens is 354 g/mol. The molecule has 1 saturated heterocycles. The van der Waals surface area contributed by atoms with Crippen molar-refractivity contribution in [2.75, 3.05) is 26.7 Å². The number of aliphatic imine (C=N–C) groups is 1. The van der Waals surface area contributed by atoms with Gasteiger partial charge in [0.1, 0.15) is 5.75 Å². The fraction of sp³-hybridized carbons (Fsp3) is 0.636. The number of para-hydroxylation sites is 1. The minimum atomic E-state index is -0.0976. The highest BCUT2D eigenvalue weighted by atomic mass is 16.5. The lowest BCUT2D eigenvalue weighted by Gasteiger charge is -2.33. The van der Waals surface area contributed by atoms with Gasteiger partial charge in [0, 0.05) is 25.2 Å². The molecule has 1 saturated carbocycles. The molecular formula is C22H33N3O3. The Morgan fingerprint density at radius 3 is 2.57 bits per heavy atom. The molecule has 1 aromatic carbocycles. The van der Waals surface area contributed by atoms with Crippen LogP contribution >= 0.6 is 0 Å². The van der Waals surface area contributed by atoms with Gasteiger partial charge >= 0.3 is 5.97 Å². The highest BCUT2D eigenvalue weighted by Crippen LogP contribution is 2.27. The Hall–Kier alpha value is -2.24. The van der Waals surface area contributed by atoms with E-state index < -0.39 is 0 Å².